The predicted octanol–water partition coefficient (Wildman–Crippen LogP) is 15.1. The van der Waals surface area contributed by atoms with E-state index in [2.05, 4.69) is 104 Å². The molecule has 1 amide bonds. The fourth-order valence-corrected chi connectivity index (χ4v) is 7.52. The van der Waals surface area contributed by atoms with Crippen LogP contribution in [0.2, 0.25) is 0 Å². The smallest absolute Gasteiger partial charge is 0.387 e. The maximum Gasteiger partial charge on any atom is 0.472 e. The first kappa shape index (κ1) is 61.4. The zero-order chi connectivity index (χ0) is 47.1. The van der Waals surface area contributed by atoms with Crippen LogP contribution in [0.1, 0.15) is 194 Å². The summed E-state index contributed by atoms with van der Waals surface area (Å²) in [7, 11) is 1.53. The number of hydrogen-bond donors (Lipinski definition) is 3. The van der Waals surface area contributed by atoms with E-state index in [9.17, 15) is 19.4 Å². The molecule has 8 nitrogen and oxygen atoms in total. The van der Waals surface area contributed by atoms with Crippen LogP contribution in [0.4, 0.5) is 0 Å². The van der Waals surface area contributed by atoms with E-state index < -0.39 is 20.0 Å². The van der Waals surface area contributed by atoms with Gasteiger partial charge in [0.05, 0.1) is 39.9 Å². The lowest BCUT2D eigenvalue weighted by atomic mass is 10.0. The van der Waals surface area contributed by atoms with Crippen LogP contribution < -0.4 is 5.32 Å². The summed E-state index contributed by atoms with van der Waals surface area (Å²) in [5.74, 6) is -0.213. The topological polar surface area (TPSA) is 105 Å². The number of allylic oxidation sites excluding steroid dienone is 15. The van der Waals surface area contributed by atoms with Crippen molar-refractivity contribution in [2.24, 2.45) is 0 Å². The summed E-state index contributed by atoms with van der Waals surface area (Å²) >= 11 is 0. The van der Waals surface area contributed by atoms with Gasteiger partial charge in [0.15, 0.2) is 0 Å². The molecule has 0 spiro atoms. The molecule has 0 aliphatic rings. The number of hydrogen-bond acceptors (Lipinski definition) is 5. The number of likely N-dealkylation sites (N-methyl/N-ethyl adjacent to an activating group) is 1. The van der Waals surface area contributed by atoms with Gasteiger partial charge in [-0.05, 0) is 77.0 Å². The number of nitrogens with one attached hydrogen (secondary N) is 1. The molecule has 0 bridgehead atoms. The fraction of sp³-hybridized carbons (Fsp3) is 0.691. The normalized spacial score (nSPS) is 14.9. The molecule has 0 fully saturated rings. The molecule has 0 aromatic carbocycles. The minimum atomic E-state index is -4.36. The summed E-state index contributed by atoms with van der Waals surface area (Å²) in [6, 6.07) is -0.871. The Labute approximate surface area is 394 Å². The number of amides is 1. The van der Waals surface area contributed by atoms with Crippen LogP contribution in [0.15, 0.2) is 97.2 Å². The Hall–Kier alpha value is -2.58. The molecule has 9 heteroatoms. The zero-order valence-electron chi connectivity index (χ0n) is 41.7. The number of quaternary nitrogens is 1. The van der Waals surface area contributed by atoms with E-state index in [-0.39, 0.29) is 19.1 Å². The molecule has 64 heavy (non-hydrogen) atoms. The van der Waals surface area contributed by atoms with E-state index >= 15 is 0 Å². The number of aliphatic hydroxyl groups is 1. The summed E-state index contributed by atoms with van der Waals surface area (Å²) in [6.45, 7) is 4.66. The van der Waals surface area contributed by atoms with Crippen LogP contribution in [0.5, 0.6) is 0 Å². The third kappa shape index (κ3) is 47.4. The maximum absolute atomic E-state index is 12.9. The third-order valence-electron chi connectivity index (χ3n) is 10.8. The number of unbranched alkanes of at least 4 members (excludes halogenated alkanes) is 18. The lowest BCUT2D eigenvalue weighted by molar-refractivity contribution is -0.870. The summed E-state index contributed by atoms with van der Waals surface area (Å²) in [5, 5.41) is 13.9. The molecule has 3 atom stereocenters. The lowest BCUT2D eigenvalue weighted by Gasteiger charge is -2.25. The molecule has 0 aromatic heterocycles. The van der Waals surface area contributed by atoms with E-state index in [0.29, 0.717) is 17.4 Å². The van der Waals surface area contributed by atoms with Crippen molar-refractivity contribution in [2.45, 2.75) is 206 Å². The van der Waals surface area contributed by atoms with E-state index in [1.807, 2.05) is 27.2 Å². The van der Waals surface area contributed by atoms with Crippen molar-refractivity contribution in [2.75, 3.05) is 40.9 Å². The van der Waals surface area contributed by atoms with Crippen molar-refractivity contribution < 1.29 is 32.9 Å². The molecule has 0 radical (unpaired) electrons. The Balaban J connectivity index is 4.42. The first-order valence-electron chi connectivity index (χ1n) is 25.6. The van der Waals surface area contributed by atoms with Crippen LogP contribution >= 0.6 is 7.82 Å². The average molecular weight is 914 g/mol. The zero-order valence-corrected chi connectivity index (χ0v) is 42.6. The lowest BCUT2D eigenvalue weighted by Crippen LogP contribution is -2.45. The second kappa shape index (κ2) is 45.6. The molecule has 0 aromatic rings. The SMILES string of the molecule is CC/C=C\C/C=C\C/C=C\C/C=C\C/C=C\C/C=C\C/C=C\CCCCCC(=O)NC(COP(=O)(O)OCC[N+](C)(C)C)C(O)/C=C/CCCCCCCCCCCCCCCCC. The second-order valence-electron chi connectivity index (χ2n) is 18.2. The van der Waals surface area contributed by atoms with Gasteiger partial charge in [-0.3, -0.25) is 13.8 Å². The number of carbonyl (C=O) groups is 1. The Morgan fingerprint density at radius 1 is 0.547 bits per heavy atom. The van der Waals surface area contributed by atoms with Crippen molar-refractivity contribution >= 4 is 13.7 Å². The minimum Gasteiger partial charge on any atom is -0.387 e. The number of phosphoric acid groups is 1. The molecule has 0 heterocycles. The van der Waals surface area contributed by atoms with E-state index in [4.69, 9.17) is 9.05 Å². The molecule has 0 saturated carbocycles. The molecule has 3 unspecified atom stereocenters. The number of nitrogens with zero attached hydrogens (tertiary/aromatic N) is 1. The number of aliphatic hydroxyl groups excluding tert-OH is 1. The highest BCUT2D eigenvalue weighted by molar-refractivity contribution is 7.47. The van der Waals surface area contributed by atoms with Crippen LogP contribution in [-0.2, 0) is 18.4 Å². The van der Waals surface area contributed by atoms with Gasteiger partial charge in [0.1, 0.15) is 13.2 Å². The van der Waals surface area contributed by atoms with Gasteiger partial charge < -0.3 is 19.8 Å². The highest BCUT2D eigenvalue weighted by atomic mass is 31.2. The monoisotopic (exact) mass is 914 g/mol. The molecular formula is C55H98N2O6P+. The standard InChI is InChI=1S/C55H97N2O6P/c1-6-8-10-12-14-16-18-20-22-24-25-26-27-28-29-30-31-33-35-37-39-41-43-45-47-49-55(59)56-53(52-63-64(60,61)62-51-50-57(3,4)5)54(58)48-46-44-42-40-38-36-34-32-23-21-19-17-15-13-11-9-7-2/h8,10,14,16,20,22,25-26,28-29,31,33,37,39,46,48,53-54,58H,6-7,9,11-13,15,17-19,21,23-24,27,30,32,34-36,38,40-45,47,49-52H2,1-5H3,(H-,56,59,60,61)/p+1/b10-8-,16-14-,22-20-,26-25-,29-28-,33-31-,39-37-,48-46+. The first-order chi connectivity index (χ1) is 31.0. The van der Waals surface area contributed by atoms with Crippen molar-refractivity contribution in [1.29, 1.82) is 0 Å². The second-order valence-corrected chi connectivity index (χ2v) is 19.6. The Bertz CT molecular complexity index is 1360. The molecule has 0 saturated heterocycles. The van der Waals surface area contributed by atoms with E-state index in [0.717, 1.165) is 89.9 Å². The molecule has 0 rings (SSSR count). The highest BCUT2D eigenvalue weighted by Crippen LogP contribution is 2.43. The van der Waals surface area contributed by atoms with Gasteiger partial charge in [-0.1, -0.05) is 207 Å². The van der Waals surface area contributed by atoms with Crippen molar-refractivity contribution in [3.63, 3.8) is 0 Å². The Kier molecular flexibility index (Phi) is 43.7. The first-order valence-corrected chi connectivity index (χ1v) is 27.1. The van der Waals surface area contributed by atoms with Crippen molar-refractivity contribution in [1.82, 2.24) is 5.32 Å². The van der Waals surface area contributed by atoms with Gasteiger partial charge in [0, 0.05) is 6.42 Å². The number of phosphoric ester groups is 1. The Morgan fingerprint density at radius 2 is 0.938 bits per heavy atom. The van der Waals surface area contributed by atoms with E-state index in [1.54, 1.807) is 6.08 Å². The van der Waals surface area contributed by atoms with E-state index in [1.165, 1.54) is 83.5 Å². The summed E-state index contributed by atoms with van der Waals surface area (Å²) in [5.41, 5.74) is 0. The molecular weight excluding hydrogens is 816 g/mol. The predicted molar refractivity (Wildman–Crippen MR) is 276 cm³/mol. The maximum atomic E-state index is 12.9. The van der Waals surface area contributed by atoms with Crippen molar-refractivity contribution in [3.8, 4) is 0 Å². The molecule has 368 valence electrons. The summed E-state index contributed by atoms with van der Waals surface area (Å²) < 4.78 is 23.6. The quantitative estimate of drug-likeness (QED) is 0.0243. The molecule has 3 N–H and O–H groups in total. The van der Waals surface area contributed by atoms with Gasteiger partial charge in [-0.25, -0.2) is 4.57 Å². The third-order valence-corrected chi connectivity index (χ3v) is 11.8. The van der Waals surface area contributed by atoms with Crippen LogP contribution in [-0.4, -0.2) is 73.4 Å². The molecule has 0 aliphatic carbocycles. The average Bonchev–Trinajstić information content (AvgIpc) is 3.25. The largest absolute Gasteiger partial charge is 0.472 e. The van der Waals surface area contributed by atoms with Crippen LogP contribution in [0.3, 0.4) is 0 Å². The highest BCUT2D eigenvalue weighted by Gasteiger charge is 2.27. The van der Waals surface area contributed by atoms with Crippen LogP contribution in [0.25, 0.3) is 0 Å². The van der Waals surface area contributed by atoms with Gasteiger partial charge in [-0.15, -0.1) is 0 Å². The van der Waals surface area contributed by atoms with Crippen molar-refractivity contribution in [3.05, 3.63) is 97.2 Å². The number of carbonyl (C=O) groups excluding carboxylic acids is 1. The Morgan fingerprint density at radius 3 is 1.38 bits per heavy atom. The van der Waals surface area contributed by atoms with Gasteiger partial charge in [0.2, 0.25) is 5.91 Å². The molecule has 0 aliphatic heterocycles. The summed E-state index contributed by atoms with van der Waals surface area (Å²) in [4.78, 5) is 23.2. The minimum absolute atomic E-state index is 0.0493. The summed E-state index contributed by atoms with van der Waals surface area (Å²) in [6.07, 6.45) is 64.8. The van der Waals surface area contributed by atoms with Crippen LogP contribution in [0, 0.1) is 0 Å². The van der Waals surface area contributed by atoms with Gasteiger partial charge >= 0.3 is 7.82 Å². The van der Waals surface area contributed by atoms with Gasteiger partial charge in [-0.2, -0.15) is 0 Å². The van der Waals surface area contributed by atoms with Gasteiger partial charge in [0.25, 0.3) is 0 Å². The number of rotatable bonds is 45. The fourth-order valence-electron chi connectivity index (χ4n) is 6.78.